The summed E-state index contributed by atoms with van der Waals surface area (Å²) >= 11 is 0. The number of ether oxygens (including phenoxy) is 1. The van der Waals surface area contributed by atoms with Gasteiger partial charge in [-0.25, -0.2) is 14.6 Å². The molecule has 0 radical (unpaired) electrons. The van der Waals surface area contributed by atoms with E-state index in [1.165, 1.54) is 0 Å². The van der Waals surface area contributed by atoms with Crippen molar-refractivity contribution < 1.29 is 4.74 Å². The second-order valence-corrected chi connectivity index (χ2v) is 7.80. The van der Waals surface area contributed by atoms with Gasteiger partial charge in [-0.1, -0.05) is 17.7 Å². The zero-order valence-electron chi connectivity index (χ0n) is 17.5. The number of anilines is 1. The number of nitriles is 1. The molecule has 2 bridgehead atoms. The van der Waals surface area contributed by atoms with Crippen molar-refractivity contribution in [1.82, 2.24) is 24.3 Å². The van der Waals surface area contributed by atoms with Crippen molar-refractivity contribution >= 4 is 5.82 Å². The zero-order chi connectivity index (χ0) is 21.7. The Bertz CT molecular complexity index is 1360. The smallest absolute Gasteiger partial charge is 0.166 e. The number of nitrogen functional groups attached to an aromatic ring is 1. The topological polar surface area (TPSA) is 108 Å². The Hall–Kier alpha value is -4.12. The van der Waals surface area contributed by atoms with Crippen LogP contribution in [-0.4, -0.2) is 24.3 Å². The summed E-state index contributed by atoms with van der Waals surface area (Å²) < 4.78 is 10.2. The summed E-state index contributed by atoms with van der Waals surface area (Å²) in [4.78, 5) is 8.63. The summed E-state index contributed by atoms with van der Waals surface area (Å²) in [6.45, 7) is 6.50. The van der Waals surface area contributed by atoms with Crippen LogP contribution in [0.2, 0.25) is 0 Å². The lowest BCUT2D eigenvalue weighted by atomic mass is 10.0. The fourth-order valence-electron chi connectivity index (χ4n) is 4.06. The quantitative estimate of drug-likeness (QED) is 0.473. The third-order valence-electron chi connectivity index (χ3n) is 5.49. The van der Waals surface area contributed by atoms with Crippen LogP contribution in [0, 0.1) is 25.2 Å². The summed E-state index contributed by atoms with van der Waals surface area (Å²) in [6.07, 6.45) is 3.02. The molecule has 8 heteroatoms. The van der Waals surface area contributed by atoms with Gasteiger partial charge >= 0.3 is 0 Å². The van der Waals surface area contributed by atoms with Gasteiger partial charge in [-0.05, 0) is 39.0 Å². The Balaban J connectivity index is 1.82. The Labute approximate surface area is 179 Å². The van der Waals surface area contributed by atoms with E-state index in [0.717, 1.165) is 33.8 Å². The monoisotopic (exact) mass is 411 g/mol. The minimum Gasteiger partial charge on any atom is -0.482 e. The van der Waals surface area contributed by atoms with Crippen LogP contribution >= 0.6 is 0 Å². The van der Waals surface area contributed by atoms with Crippen molar-refractivity contribution in [2.45, 2.75) is 33.4 Å². The Morgan fingerprint density at radius 2 is 2.03 bits per heavy atom. The number of aromatic nitrogens is 5. The van der Waals surface area contributed by atoms with Gasteiger partial charge in [-0.15, -0.1) is 0 Å². The van der Waals surface area contributed by atoms with Gasteiger partial charge in [0.15, 0.2) is 17.3 Å². The normalized spacial score (nSPS) is 14.8. The highest BCUT2D eigenvalue weighted by atomic mass is 16.5. The molecule has 1 atom stereocenters. The maximum Gasteiger partial charge on any atom is 0.166 e. The van der Waals surface area contributed by atoms with Gasteiger partial charge in [0, 0.05) is 17.3 Å². The first-order valence-corrected chi connectivity index (χ1v) is 9.99. The number of pyridine rings is 1. The second-order valence-electron chi connectivity index (χ2n) is 7.80. The summed E-state index contributed by atoms with van der Waals surface area (Å²) in [6, 6.07) is 12.3. The maximum absolute atomic E-state index is 9.63. The second kappa shape index (κ2) is 6.99. The van der Waals surface area contributed by atoms with E-state index in [1.54, 1.807) is 12.5 Å². The van der Waals surface area contributed by atoms with E-state index in [-0.39, 0.29) is 6.10 Å². The minimum atomic E-state index is -0.300. The molecule has 4 aromatic rings. The summed E-state index contributed by atoms with van der Waals surface area (Å²) in [5.74, 6) is 0.758. The first-order valence-electron chi connectivity index (χ1n) is 9.99. The molecule has 8 nitrogen and oxygen atoms in total. The van der Waals surface area contributed by atoms with Gasteiger partial charge in [-0.3, -0.25) is 0 Å². The fourth-order valence-corrected chi connectivity index (χ4v) is 4.06. The van der Waals surface area contributed by atoms with Crippen LogP contribution in [0.15, 0.2) is 42.9 Å². The van der Waals surface area contributed by atoms with Crippen molar-refractivity contribution in [2.75, 3.05) is 5.73 Å². The van der Waals surface area contributed by atoms with Crippen molar-refractivity contribution in [2.24, 2.45) is 0 Å². The molecule has 4 heterocycles. The van der Waals surface area contributed by atoms with E-state index in [9.17, 15) is 5.26 Å². The van der Waals surface area contributed by atoms with Gasteiger partial charge in [0.2, 0.25) is 0 Å². The number of aryl methyl sites for hydroxylation is 2. The Kier molecular flexibility index (Phi) is 4.26. The van der Waals surface area contributed by atoms with Gasteiger partial charge in [-0.2, -0.15) is 10.4 Å². The van der Waals surface area contributed by atoms with Crippen molar-refractivity contribution in [3.63, 3.8) is 0 Å². The highest BCUT2D eigenvalue weighted by Gasteiger charge is 2.23. The number of benzene rings is 1. The molecule has 31 heavy (non-hydrogen) atoms. The highest BCUT2D eigenvalue weighted by Crippen LogP contribution is 2.35. The van der Waals surface area contributed by atoms with E-state index in [0.29, 0.717) is 29.5 Å². The van der Waals surface area contributed by atoms with Crippen LogP contribution in [0.1, 0.15) is 41.2 Å². The molecule has 0 unspecified atom stereocenters. The molecule has 1 aliphatic heterocycles. The van der Waals surface area contributed by atoms with E-state index < -0.39 is 0 Å². The third-order valence-corrected chi connectivity index (χ3v) is 5.49. The molecule has 0 spiro atoms. The predicted octanol–water partition coefficient (Wildman–Crippen LogP) is 3.70. The maximum atomic E-state index is 9.63. The fraction of sp³-hybridized carbons (Fsp3) is 0.217. The van der Waals surface area contributed by atoms with Gasteiger partial charge in [0.1, 0.15) is 12.2 Å². The first kappa shape index (κ1) is 18.9. The summed E-state index contributed by atoms with van der Waals surface area (Å²) in [5, 5.41) is 14.4. The Morgan fingerprint density at radius 1 is 1.19 bits per heavy atom. The van der Waals surface area contributed by atoms with E-state index in [2.05, 4.69) is 41.2 Å². The van der Waals surface area contributed by atoms with Gasteiger partial charge in [0.25, 0.3) is 0 Å². The van der Waals surface area contributed by atoms with E-state index in [4.69, 9.17) is 15.6 Å². The molecular weight excluding hydrogens is 390 g/mol. The summed E-state index contributed by atoms with van der Waals surface area (Å²) in [5.41, 5.74) is 12.8. The number of fused-ring (bicyclic) bond motifs is 7. The average molecular weight is 411 g/mol. The Morgan fingerprint density at radius 3 is 2.84 bits per heavy atom. The first-order chi connectivity index (χ1) is 14.9. The largest absolute Gasteiger partial charge is 0.482 e. The van der Waals surface area contributed by atoms with E-state index >= 15 is 0 Å². The lowest BCUT2D eigenvalue weighted by Gasteiger charge is -2.22. The number of imidazole rings is 1. The van der Waals surface area contributed by atoms with Crippen molar-refractivity contribution in [3.8, 4) is 28.8 Å². The van der Waals surface area contributed by atoms with E-state index in [1.807, 2.05) is 35.2 Å². The molecule has 0 fully saturated rings. The highest BCUT2D eigenvalue weighted by molar-refractivity contribution is 5.69. The van der Waals surface area contributed by atoms with Crippen LogP contribution in [0.25, 0.3) is 16.9 Å². The molecule has 0 amide bonds. The number of hydrogen-bond donors (Lipinski definition) is 1. The van der Waals surface area contributed by atoms with Crippen LogP contribution in [0.5, 0.6) is 5.75 Å². The molecule has 0 aliphatic carbocycles. The number of nitrogens with two attached hydrogens (primary N) is 1. The molecule has 154 valence electrons. The molecule has 2 N–H and O–H groups in total. The summed E-state index contributed by atoms with van der Waals surface area (Å²) in [7, 11) is 0. The predicted molar refractivity (Wildman–Crippen MR) is 116 cm³/mol. The van der Waals surface area contributed by atoms with Gasteiger partial charge < -0.3 is 15.0 Å². The zero-order valence-corrected chi connectivity index (χ0v) is 17.5. The van der Waals surface area contributed by atoms with Crippen LogP contribution in [0.4, 0.5) is 5.82 Å². The molecule has 1 aromatic carbocycles. The van der Waals surface area contributed by atoms with Crippen LogP contribution in [0.3, 0.4) is 0 Å². The molecular formula is C23H21N7O. The third kappa shape index (κ3) is 3.11. The van der Waals surface area contributed by atoms with Crippen LogP contribution in [-0.2, 0) is 6.54 Å². The molecule has 0 saturated carbocycles. The molecule has 3 aromatic heterocycles. The molecule has 0 saturated heterocycles. The standard InChI is InChI=1S/C23H21N7O/c1-13-4-5-20-18(6-13)15(3)31-21-8-16(10-26-23(21)25)22-19(9-24)27-12-29(22)11-17-7-14(2)28-30(17)20/h4-8,10,12,15H,11H2,1-3H3,(H2,25,26)/t15-/m1/s1. The van der Waals surface area contributed by atoms with Crippen molar-refractivity contribution in [1.29, 1.82) is 5.26 Å². The van der Waals surface area contributed by atoms with Gasteiger partial charge in [0.05, 0.1) is 35.6 Å². The number of hydrogen-bond acceptors (Lipinski definition) is 6. The number of nitrogens with zero attached hydrogens (tertiary/aromatic N) is 6. The average Bonchev–Trinajstić information content (AvgIpc) is 3.32. The van der Waals surface area contributed by atoms with Crippen LogP contribution < -0.4 is 10.5 Å². The lowest BCUT2D eigenvalue weighted by Crippen LogP contribution is -2.15. The molecule has 1 aliphatic rings. The SMILES string of the molecule is Cc1ccc2c(c1)[C@@H](C)Oc1cc(cnc1N)-c1c(C#N)ncn1Cc1cc(C)nn1-2. The minimum absolute atomic E-state index is 0.294. The van der Waals surface area contributed by atoms with Crippen molar-refractivity contribution in [3.05, 3.63) is 71.1 Å². The molecule has 5 rings (SSSR count). The lowest BCUT2D eigenvalue weighted by molar-refractivity contribution is 0.227. The number of rotatable bonds is 0.